The minimum atomic E-state index is 0.317. The highest BCUT2D eigenvalue weighted by Gasteiger charge is 2.24. The van der Waals surface area contributed by atoms with Crippen molar-refractivity contribution in [3.8, 4) is 11.3 Å². The van der Waals surface area contributed by atoms with Crippen LogP contribution < -0.4 is 11.6 Å². The molecule has 1 saturated carbocycles. The summed E-state index contributed by atoms with van der Waals surface area (Å²) in [6.45, 7) is 4.18. The molecule has 21 heavy (non-hydrogen) atoms. The summed E-state index contributed by atoms with van der Waals surface area (Å²) in [4.78, 5) is 4.74. The third-order valence-electron chi connectivity index (χ3n) is 4.35. The highest BCUT2D eigenvalue weighted by molar-refractivity contribution is 5.70. The van der Waals surface area contributed by atoms with Gasteiger partial charge in [0.1, 0.15) is 11.5 Å². The highest BCUT2D eigenvalue weighted by atomic mass is 15.4. The fourth-order valence-electron chi connectivity index (χ4n) is 3.07. The van der Waals surface area contributed by atoms with E-state index in [-0.39, 0.29) is 0 Å². The summed E-state index contributed by atoms with van der Waals surface area (Å²) in [5.41, 5.74) is 7.85. The zero-order chi connectivity index (χ0) is 15.0. The van der Waals surface area contributed by atoms with Crippen LogP contribution in [-0.2, 0) is 0 Å². The summed E-state index contributed by atoms with van der Waals surface area (Å²) in [5, 5.41) is 4.36. The Balaban J connectivity index is 1.95. The summed E-state index contributed by atoms with van der Waals surface area (Å²) in [7, 11) is 0. The monoisotopic (exact) mass is 288 g/mol. The zero-order valence-corrected chi connectivity index (χ0v) is 12.8. The van der Waals surface area contributed by atoms with Crippen LogP contribution in [0.15, 0.2) is 12.4 Å². The molecule has 114 valence electrons. The quantitative estimate of drug-likeness (QED) is 0.850. The van der Waals surface area contributed by atoms with Crippen molar-refractivity contribution >= 4 is 5.82 Å². The molecule has 0 aliphatic heterocycles. The van der Waals surface area contributed by atoms with Gasteiger partial charge in [0, 0.05) is 23.7 Å². The van der Waals surface area contributed by atoms with E-state index in [9.17, 15) is 0 Å². The van der Waals surface area contributed by atoms with Crippen LogP contribution in [0.25, 0.3) is 11.3 Å². The fraction of sp³-hybridized carbons (Fsp3) is 0.600. The van der Waals surface area contributed by atoms with E-state index in [0.717, 1.165) is 29.9 Å². The molecular formula is C15H24N6. The van der Waals surface area contributed by atoms with Gasteiger partial charge in [0.05, 0.1) is 6.20 Å². The lowest BCUT2D eigenvalue weighted by atomic mass is 9.89. The molecule has 6 heteroatoms. The molecule has 0 saturated heterocycles. The number of nitrogen functional groups attached to an aromatic ring is 2. The van der Waals surface area contributed by atoms with Gasteiger partial charge in [-0.3, -0.25) is 4.68 Å². The Morgan fingerprint density at radius 2 is 1.95 bits per heavy atom. The molecule has 1 aliphatic rings. The number of anilines is 1. The molecule has 2 heterocycles. The molecule has 0 atom stereocenters. The van der Waals surface area contributed by atoms with Crippen molar-refractivity contribution in [2.24, 2.45) is 0 Å². The molecule has 3 rings (SSSR count). The third kappa shape index (κ3) is 2.50. The lowest BCUT2D eigenvalue weighted by Crippen LogP contribution is -2.19. The Bertz CT molecular complexity index is 618. The molecule has 4 N–H and O–H groups in total. The van der Waals surface area contributed by atoms with Gasteiger partial charge in [0.15, 0.2) is 5.82 Å². The van der Waals surface area contributed by atoms with Crippen LogP contribution in [0.2, 0.25) is 0 Å². The number of rotatable bonds is 3. The molecule has 0 bridgehead atoms. The smallest absolute Gasteiger partial charge is 0.150 e. The van der Waals surface area contributed by atoms with Crippen LogP contribution in [-0.4, -0.2) is 19.4 Å². The van der Waals surface area contributed by atoms with Crippen LogP contribution in [0.5, 0.6) is 0 Å². The number of nitrogens with zero attached hydrogens (tertiary/aromatic N) is 4. The molecule has 0 aromatic carbocycles. The van der Waals surface area contributed by atoms with Crippen molar-refractivity contribution in [3.63, 3.8) is 0 Å². The van der Waals surface area contributed by atoms with Crippen LogP contribution in [0, 0.1) is 0 Å². The number of nitrogens with two attached hydrogens (primary N) is 2. The van der Waals surface area contributed by atoms with Gasteiger partial charge in [-0.05, 0) is 26.7 Å². The first kappa shape index (κ1) is 14.0. The van der Waals surface area contributed by atoms with Crippen molar-refractivity contribution in [2.75, 3.05) is 11.6 Å². The van der Waals surface area contributed by atoms with E-state index in [0.29, 0.717) is 17.8 Å². The summed E-state index contributed by atoms with van der Waals surface area (Å²) in [6, 6.07) is 0.317. The molecule has 1 aliphatic carbocycles. The van der Waals surface area contributed by atoms with E-state index in [2.05, 4.69) is 18.9 Å². The molecular weight excluding hydrogens is 264 g/mol. The van der Waals surface area contributed by atoms with Crippen molar-refractivity contribution in [1.29, 1.82) is 0 Å². The number of imidazole rings is 1. The van der Waals surface area contributed by atoms with E-state index in [4.69, 9.17) is 16.6 Å². The van der Waals surface area contributed by atoms with E-state index in [1.54, 1.807) is 4.68 Å². The summed E-state index contributed by atoms with van der Waals surface area (Å²) in [5.74, 6) is 8.01. The Labute approximate surface area is 125 Å². The Kier molecular flexibility index (Phi) is 3.61. The van der Waals surface area contributed by atoms with Crippen LogP contribution in [0.4, 0.5) is 5.82 Å². The minimum absolute atomic E-state index is 0.317. The SMILES string of the molecule is CC(C)n1cc(-c2nc(C3CCCCC3)n(N)c2N)cn1. The molecule has 0 radical (unpaired) electrons. The fourth-order valence-corrected chi connectivity index (χ4v) is 3.07. The van der Waals surface area contributed by atoms with E-state index >= 15 is 0 Å². The number of hydrogen-bond acceptors (Lipinski definition) is 4. The van der Waals surface area contributed by atoms with E-state index in [1.165, 1.54) is 19.3 Å². The summed E-state index contributed by atoms with van der Waals surface area (Å²) in [6.07, 6.45) is 9.90. The second-order valence-electron chi connectivity index (χ2n) is 6.21. The predicted molar refractivity (Wildman–Crippen MR) is 84.2 cm³/mol. The van der Waals surface area contributed by atoms with E-state index < -0.39 is 0 Å². The van der Waals surface area contributed by atoms with Crippen LogP contribution in [0.1, 0.15) is 63.7 Å². The first-order valence-electron chi connectivity index (χ1n) is 7.75. The lowest BCUT2D eigenvalue weighted by molar-refractivity contribution is 0.424. The number of aromatic nitrogens is 4. The maximum absolute atomic E-state index is 6.17. The van der Waals surface area contributed by atoms with Gasteiger partial charge in [0.2, 0.25) is 0 Å². The van der Waals surface area contributed by atoms with Crippen molar-refractivity contribution in [2.45, 2.75) is 57.9 Å². The average molecular weight is 288 g/mol. The normalized spacial score (nSPS) is 16.7. The van der Waals surface area contributed by atoms with Gasteiger partial charge in [-0.25, -0.2) is 9.66 Å². The van der Waals surface area contributed by atoms with E-state index in [1.807, 2.05) is 17.1 Å². The van der Waals surface area contributed by atoms with Crippen LogP contribution in [0.3, 0.4) is 0 Å². The molecule has 0 spiro atoms. The first-order chi connectivity index (χ1) is 10.1. The average Bonchev–Trinajstić information content (AvgIpc) is 3.07. The highest BCUT2D eigenvalue weighted by Crippen LogP contribution is 2.35. The van der Waals surface area contributed by atoms with Gasteiger partial charge in [-0.1, -0.05) is 19.3 Å². The van der Waals surface area contributed by atoms with Gasteiger partial charge in [-0.2, -0.15) is 5.10 Å². The minimum Gasteiger partial charge on any atom is -0.382 e. The Hall–Kier alpha value is -1.98. The Morgan fingerprint density at radius 3 is 2.57 bits per heavy atom. The second-order valence-corrected chi connectivity index (χ2v) is 6.21. The largest absolute Gasteiger partial charge is 0.382 e. The lowest BCUT2D eigenvalue weighted by Gasteiger charge is -2.20. The van der Waals surface area contributed by atoms with Gasteiger partial charge < -0.3 is 11.6 Å². The summed E-state index contributed by atoms with van der Waals surface area (Å²) >= 11 is 0. The van der Waals surface area contributed by atoms with Gasteiger partial charge in [-0.15, -0.1) is 0 Å². The molecule has 2 aromatic rings. The van der Waals surface area contributed by atoms with Gasteiger partial charge >= 0.3 is 0 Å². The summed E-state index contributed by atoms with van der Waals surface area (Å²) < 4.78 is 3.47. The molecule has 0 unspecified atom stereocenters. The van der Waals surface area contributed by atoms with Crippen molar-refractivity contribution in [1.82, 2.24) is 19.4 Å². The first-order valence-corrected chi connectivity index (χ1v) is 7.75. The predicted octanol–water partition coefficient (Wildman–Crippen LogP) is 2.67. The Morgan fingerprint density at radius 1 is 1.24 bits per heavy atom. The van der Waals surface area contributed by atoms with Crippen molar-refractivity contribution < 1.29 is 0 Å². The van der Waals surface area contributed by atoms with Gasteiger partial charge in [0.25, 0.3) is 0 Å². The third-order valence-corrected chi connectivity index (χ3v) is 4.35. The number of hydrogen-bond donors (Lipinski definition) is 2. The topological polar surface area (TPSA) is 87.7 Å². The standard InChI is InChI=1S/C15H24N6/c1-10(2)20-9-12(8-18-20)13-14(16)21(17)15(19-13)11-6-4-3-5-7-11/h8-11H,3-7,16-17H2,1-2H3. The molecule has 2 aromatic heterocycles. The maximum Gasteiger partial charge on any atom is 0.150 e. The second kappa shape index (κ2) is 5.42. The molecule has 1 fully saturated rings. The van der Waals surface area contributed by atoms with Crippen molar-refractivity contribution in [3.05, 3.63) is 18.2 Å². The molecule has 6 nitrogen and oxygen atoms in total. The molecule has 0 amide bonds. The zero-order valence-electron chi connectivity index (χ0n) is 12.8. The maximum atomic E-state index is 6.17. The van der Waals surface area contributed by atoms with Crippen LogP contribution >= 0.6 is 0 Å².